The van der Waals surface area contributed by atoms with Gasteiger partial charge >= 0.3 is 0 Å². The predicted molar refractivity (Wildman–Crippen MR) is 79.3 cm³/mol. The van der Waals surface area contributed by atoms with Crippen molar-refractivity contribution in [2.45, 2.75) is 6.92 Å². The van der Waals surface area contributed by atoms with Crippen LogP contribution < -0.4 is 0 Å². The molecular weight excluding hydrogens is 292 g/mol. The molecule has 0 aliphatic rings. The highest BCUT2D eigenvalue weighted by atomic mass is 32.1. The summed E-state index contributed by atoms with van der Waals surface area (Å²) < 4.78 is 27.5. The van der Waals surface area contributed by atoms with Crippen molar-refractivity contribution in [1.29, 1.82) is 0 Å². The molecule has 0 unspecified atom stereocenters. The Labute approximate surface area is 124 Å². The number of halogens is 2. The Bertz CT molecular complexity index is 797. The lowest BCUT2D eigenvalue weighted by Gasteiger charge is -2.02. The second kappa shape index (κ2) is 5.26. The van der Waals surface area contributed by atoms with Crippen molar-refractivity contribution in [1.82, 2.24) is 4.98 Å². The van der Waals surface area contributed by atoms with Crippen LogP contribution in [-0.4, -0.2) is 10.1 Å². The first-order valence-electron chi connectivity index (χ1n) is 6.25. The molecule has 0 amide bonds. The van der Waals surface area contributed by atoms with E-state index in [-0.39, 0.29) is 16.9 Å². The van der Waals surface area contributed by atoms with E-state index in [9.17, 15) is 13.9 Å². The Kier molecular flexibility index (Phi) is 3.43. The van der Waals surface area contributed by atoms with Crippen LogP contribution in [0.5, 0.6) is 5.75 Å². The van der Waals surface area contributed by atoms with Gasteiger partial charge in [0.25, 0.3) is 0 Å². The van der Waals surface area contributed by atoms with Gasteiger partial charge < -0.3 is 5.11 Å². The molecule has 1 aromatic heterocycles. The van der Waals surface area contributed by atoms with Crippen molar-refractivity contribution in [3.05, 3.63) is 59.0 Å². The van der Waals surface area contributed by atoms with Gasteiger partial charge in [0.15, 0.2) is 0 Å². The number of hydrogen-bond donors (Lipinski definition) is 1. The predicted octanol–water partition coefficient (Wildman–Crippen LogP) is 4.77. The number of phenolic OH excluding ortho intramolecular Hbond substituents is 1. The van der Waals surface area contributed by atoms with Gasteiger partial charge in [-0.2, -0.15) is 0 Å². The number of thiazole rings is 1. The average molecular weight is 303 g/mol. The summed E-state index contributed by atoms with van der Waals surface area (Å²) >= 11 is 1.34. The number of aromatic nitrogens is 1. The minimum atomic E-state index is -0.489. The zero-order valence-corrected chi connectivity index (χ0v) is 11.9. The molecule has 21 heavy (non-hydrogen) atoms. The fourth-order valence-corrected chi connectivity index (χ4v) is 2.80. The largest absolute Gasteiger partial charge is 0.508 e. The lowest BCUT2D eigenvalue weighted by atomic mass is 10.1. The molecule has 3 rings (SSSR count). The summed E-state index contributed by atoms with van der Waals surface area (Å²) in [6.45, 7) is 1.52. The quantitative estimate of drug-likeness (QED) is 0.739. The molecule has 0 fully saturated rings. The van der Waals surface area contributed by atoms with E-state index >= 15 is 0 Å². The van der Waals surface area contributed by atoms with Gasteiger partial charge in [-0.25, -0.2) is 13.8 Å². The molecular formula is C16H11F2NOS. The monoisotopic (exact) mass is 303 g/mol. The topological polar surface area (TPSA) is 33.1 Å². The molecule has 0 saturated heterocycles. The molecule has 0 spiro atoms. The van der Waals surface area contributed by atoms with Crippen LogP contribution in [0.1, 0.15) is 5.56 Å². The molecule has 1 N–H and O–H groups in total. The normalized spacial score (nSPS) is 10.8. The summed E-state index contributed by atoms with van der Waals surface area (Å²) in [6.07, 6.45) is 0. The molecule has 3 aromatic rings. The van der Waals surface area contributed by atoms with E-state index in [0.717, 1.165) is 5.56 Å². The molecule has 5 heteroatoms. The fraction of sp³-hybridized carbons (Fsp3) is 0.0625. The van der Waals surface area contributed by atoms with E-state index in [0.29, 0.717) is 10.7 Å². The number of nitrogens with zero attached hydrogens (tertiary/aromatic N) is 1. The van der Waals surface area contributed by atoms with Gasteiger partial charge in [-0.15, -0.1) is 11.3 Å². The Morgan fingerprint density at radius 2 is 1.76 bits per heavy atom. The first kappa shape index (κ1) is 13.7. The lowest BCUT2D eigenvalue weighted by molar-refractivity contribution is 0.475. The number of benzene rings is 2. The van der Waals surface area contributed by atoms with Crippen LogP contribution >= 0.6 is 11.3 Å². The highest BCUT2D eigenvalue weighted by Gasteiger charge is 2.13. The standard InChI is InChI=1S/C16H11F2NOS/c1-9-6-14(18)12(7-13(9)17)15-8-21-16(19-15)10-2-4-11(20)5-3-10/h2-8,20H,1H3. The molecule has 0 aliphatic carbocycles. The minimum Gasteiger partial charge on any atom is -0.508 e. The third-order valence-corrected chi connectivity index (χ3v) is 4.03. The van der Waals surface area contributed by atoms with Crippen molar-refractivity contribution in [3.63, 3.8) is 0 Å². The molecule has 0 saturated carbocycles. The Hall–Kier alpha value is -2.27. The van der Waals surface area contributed by atoms with E-state index in [1.807, 2.05) is 0 Å². The number of hydrogen-bond acceptors (Lipinski definition) is 3. The van der Waals surface area contributed by atoms with Crippen molar-refractivity contribution in [2.75, 3.05) is 0 Å². The third kappa shape index (κ3) is 2.64. The highest BCUT2D eigenvalue weighted by molar-refractivity contribution is 7.13. The summed E-state index contributed by atoms with van der Waals surface area (Å²) in [7, 11) is 0. The second-order valence-electron chi connectivity index (χ2n) is 4.67. The number of phenols is 1. The minimum absolute atomic E-state index is 0.152. The molecule has 0 aliphatic heterocycles. The fourth-order valence-electron chi connectivity index (χ4n) is 1.98. The Morgan fingerprint density at radius 3 is 2.48 bits per heavy atom. The number of aromatic hydroxyl groups is 1. The lowest BCUT2D eigenvalue weighted by Crippen LogP contribution is -1.90. The van der Waals surface area contributed by atoms with Crippen LogP contribution in [-0.2, 0) is 0 Å². The molecule has 0 bridgehead atoms. The summed E-state index contributed by atoms with van der Waals surface area (Å²) in [5.41, 5.74) is 1.64. The molecule has 0 radical (unpaired) electrons. The smallest absolute Gasteiger partial charge is 0.133 e. The first-order valence-corrected chi connectivity index (χ1v) is 7.13. The summed E-state index contributed by atoms with van der Waals surface area (Å²) in [5, 5.41) is 11.6. The third-order valence-electron chi connectivity index (χ3n) is 3.14. The molecule has 106 valence electrons. The van der Waals surface area contributed by atoms with E-state index in [4.69, 9.17) is 0 Å². The zero-order valence-electron chi connectivity index (χ0n) is 11.1. The summed E-state index contributed by atoms with van der Waals surface area (Å²) in [4.78, 5) is 4.34. The zero-order chi connectivity index (χ0) is 15.0. The van der Waals surface area contributed by atoms with Gasteiger partial charge in [0, 0.05) is 16.5 Å². The van der Waals surface area contributed by atoms with Gasteiger partial charge in [-0.05, 0) is 48.9 Å². The van der Waals surface area contributed by atoms with Crippen molar-refractivity contribution >= 4 is 11.3 Å². The second-order valence-corrected chi connectivity index (χ2v) is 5.52. The Morgan fingerprint density at radius 1 is 1.05 bits per heavy atom. The van der Waals surface area contributed by atoms with Crippen molar-refractivity contribution in [2.24, 2.45) is 0 Å². The highest BCUT2D eigenvalue weighted by Crippen LogP contribution is 2.31. The van der Waals surface area contributed by atoms with E-state index in [2.05, 4.69) is 4.98 Å². The average Bonchev–Trinajstić information content (AvgIpc) is 2.93. The van der Waals surface area contributed by atoms with E-state index in [1.165, 1.54) is 30.4 Å². The van der Waals surface area contributed by atoms with Crippen LogP contribution in [0.25, 0.3) is 21.8 Å². The summed E-state index contributed by atoms with van der Waals surface area (Å²) in [6, 6.07) is 8.91. The van der Waals surface area contributed by atoms with Gasteiger partial charge in [-0.1, -0.05) is 0 Å². The van der Waals surface area contributed by atoms with Gasteiger partial charge in [0.2, 0.25) is 0 Å². The van der Waals surface area contributed by atoms with Gasteiger partial charge in [0.1, 0.15) is 22.4 Å². The Balaban J connectivity index is 2.02. The maximum Gasteiger partial charge on any atom is 0.133 e. The van der Waals surface area contributed by atoms with Crippen LogP contribution in [0.15, 0.2) is 41.8 Å². The first-order chi connectivity index (χ1) is 10.0. The van der Waals surface area contributed by atoms with Crippen LogP contribution in [0.4, 0.5) is 8.78 Å². The maximum atomic E-state index is 13.9. The maximum absolute atomic E-state index is 13.9. The molecule has 0 atom stereocenters. The van der Waals surface area contributed by atoms with Crippen molar-refractivity contribution in [3.8, 4) is 27.6 Å². The van der Waals surface area contributed by atoms with Crippen molar-refractivity contribution < 1.29 is 13.9 Å². The molecule has 1 heterocycles. The number of rotatable bonds is 2. The SMILES string of the molecule is Cc1cc(F)c(-c2csc(-c3ccc(O)cc3)n2)cc1F. The summed E-state index contributed by atoms with van der Waals surface area (Å²) in [5.74, 6) is -0.774. The van der Waals surface area contributed by atoms with E-state index in [1.54, 1.807) is 29.6 Å². The molecule has 2 nitrogen and oxygen atoms in total. The van der Waals surface area contributed by atoms with Crippen LogP contribution in [0.3, 0.4) is 0 Å². The van der Waals surface area contributed by atoms with Gasteiger partial charge in [-0.3, -0.25) is 0 Å². The van der Waals surface area contributed by atoms with Crippen LogP contribution in [0, 0.1) is 18.6 Å². The molecule has 2 aromatic carbocycles. The van der Waals surface area contributed by atoms with Gasteiger partial charge in [0.05, 0.1) is 5.69 Å². The number of aryl methyl sites for hydroxylation is 1. The van der Waals surface area contributed by atoms with E-state index < -0.39 is 11.6 Å². The van der Waals surface area contributed by atoms with Crippen LogP contribution in [0.2, 0.25) is 0 Å².